The monoisotopic (exact) mass is 531 g/mol. The lowest BCUT2D eigenvalue weighted by atomic mass is 10.1. The zero-order valence-electron chi connectivity index (χ0n) is 16.6. The molecule has 0 aliphatic carbocycles. The van der Waals surface area contributed by atoms with Crippen molar-refractivity contribution in [2.24, 2.45) is 0 Å². The molecule has 32 heavy (non-hydrogen) atoms. The van der Waals surface area contributed by atoms with E-state index in [1.54, 1.807) is 60.7 Å². The Morgan fingerprint density at radius 1 is 1.06 bits per heavy atom. The van der Waals surface area contributed by atoms with Gasteiger partial charge >= 0.3 is 0 Å². The molecule has 0 bridgehead atoms. The number of ether oxygens (including phenoxy) is 1. The Kier molecular flexibility index (Phi) is 6.98. The minimum Gasteiger partial charge on any atom is -0.488 e. The number of thioether (sulfide) groups is 1. The van der Waals surface area contributed by atoms with E-state index >= 15 is 0 Å². The predicted octanol–water partition coefficient (Wildman–Crippen LogP) is 7.06. The Labute approximate surface area is 202 Å². The first kappa shape index (κ1) is 22.6. The van der Waals surface area contributed by atoms with Gasteiger partial charge in [-0.3, -0.25) is 14.5 Å². The van der Waals surface area contributed by atoms with E-state index in [1.165, 1.54) is 11.0 Å². The van der Waals surface area contributed by atoms with E-state index in [0.29, 0.717) is 21.9 Å². The van der Waals surface area contributed by atoms with Crippen molar-refractivity contribution in [3.63, 3.8) is 0 Å². The molecule has 1 aliphatic heterocycles. The van der Waals surface area contributed by atoms with Crippen LogP contribution in [-0.4, -0.2) is 16.0 Å². The van der Waals surface area contributed by atoms with Gasteiger partial charge in [-0.25, -0.2) is 4.39 Å². The van der Waals surface area contributed by atoms with Gasteiger partial charge in [-0.15, -0.1) is 0 Å². The third kappa shape index (κ3) is 5.23. The molecule has 0 spiro atoms. The van der Waals surface area contributed by atoms with E-state index in [4.69, 9.17) is 16.3 Å². The number of carbonyl (C=O) groups excluding carboxylic acids is 2. The average molecular weight is 533 g/mol. The van der Waals surface area contributed by atoms with Crippen LogP contribution in [0.4, 0.5) is 9.18 Å². The van der Waals surface area contributed by atoms with Gasteiger partial charge in [-0.2, -0.15) is 0 Å². The molecule has 162 valence electrons. The largest absolute Gasteiger partial charge is 0.488 e. The highest BCUT2D eigenvalue weighted by atomic mass is 79.9. The first-order valence-electron chi connectivity index (χ1n) is 9.56. The number of halogens is 3. The molecule has 0 radical (unpaired) electrons. The predicted molar refractivity (Wildman–Crippen MR) is 128 cm³/mol. The van der Waals surface area contributed by atoms with Crippen LogP contribution >= 0.6 is 39.3 Å². The molecule has 1 heterocycles. The molecule has 0 atom stereocenters. The Hall–Kier alpha value is -2.61. The second-order valence-corrected chi connectivity index (χ2v) is 9.31. The Bertz CT molecular complexity index is 1230. The van der Waals surface area contributed by atoms with Crippen LogP contribution in [0, 0.1) is 5.82 Å². The molecule has 1 fully saturated rings. The lowest BCUT2D eigenvalue weighted by Gasteiger charge is -2.13. The van der Waals surface area contributed by atoms with Crippen LogP contribution in [0.3, 0.4) is 0 Å². The van der Waals surface area contributed by atoms with Crippen LogP contribution < -0.4 is 4.74 Å². The fraction of sp³-hybridized carbons (Fsp3) is 0.0833. The maximum atomic E-state index is 13.9. The first-order valence-corrected chi connectivity index (χ1v) is 11.5. The van der Waals surface area contributed by atoms with Crippen molar-refractivity contribution < 1.29 is 18.7 Å². The molecule has 1 aliphatic rings. The fourth-order valence-corrected chi connectivity index (χ4v) is 4.55. The molecular formula is C24H16BrClFNO3S. The van der Waals surface area contributed by atoms with Crippen molar-refractivity contribution in [1.82, 2.24) is 4.90 Å². The van der Waals surface area contributed by atoms with E-state index < -0.39 is 0 Å². The van der Waals surface area contributed by atoms with Crippen LogP contribution in [0.15, 0.2) is 76.1 Å². The van der Waals surface area contributed by atoms with Gasteiger partial charge in [-0.1, -0.05) is 57.9 Å². The Morgan fingerprint density at radius 3 is 2.66 bits per heavy atom. The van der Waals surface area contributed by atoms with E-state index in [2.05, 4.69) is 15.9 Å². The molecule has 0 N–H and O–H groups in total. The molecule has 1 saturated heterocycles. The highest BCUT2D eigenvalue weighted by molar-refractivity contribution is 9.10. The highest BCUT2D eigenvalue weighted by Crippen LogP contribution is 2.36. The quantitative estimate of drug-likeness (QED) is 0.319. The zero-order chi connectivity index (χ0) is 22.7. The molecule has 4 rings (SSSR count). The van der Waals surface area contributed by atoms with Gasteiger partial charge in [0.1, 0.15) is 18.2 Å². The summed E-state index contributed by atoms with van der Waals surface area (Å²) >= 11 is 10.3. The van der Waals surface area contributed by atoms with Crippen LogP contribution in [0.25, 0.3) is 6.08 Å². The molecule has 4 nitrogen and oxygen atoms in total. The van der Waals surface area contributed by atoms with E-state index in [9.17, 15) is 14.0 Å². The molecule has 0 saturated carbocycles. The third-order valence-corrected chi connectivity index (χ3v) is 6.34. The maximum Gasteiger partial charge on any atom is 0.293 e. The number of imide groups is 1. The van der Waals surface area contributed by atoms with Gasteiger partial charge < -0.3 is 4.74 Å². The second kappa shape index (κ2) is 9.90. The minimum absolute atomic E-state index is 0.0331. The summed E-state index contributed by atoms with van der Waals surface area (Å²) in [4.78, 5) is 26.9. The standard InChI is InChI=1S/C24H16BrClFNO3S/c25-18-8-9-21(31-14-16-5-1-2-7-20(16)27)17(11-18)12-22-23(29)28(24(30)32-22)13-15-4-3-6-19(26)10-15/h1-12H,13-14H2/b22-12-. The van der Waals surface area contributed by atoms with E-state index in [0.717, 1.165) is 21.8 Å². The summed E-state index contributed by atoms with van der Waals surface area (Å²) in [6.45, 7) is 0.170. The number of amides is 2. The van der Waals surface area contributed by atoms with Crippen molar-refractivity contribution in [2.45, 2.75) is 13.2 Å². The summed E-state index contributed by atoms with van der Waals surface area (Å²) in [6, 6.07) is 18.7. The first-order chi connectivity index (χ1) is 15.4. The smallest absolute Gasteiger partial charge is 0.293 e. The van der Waals surface area contributed by atoms with Gasteiger partial charge in [0, 0.05) is 20.6 Å². The van der Waals surface area contributed by atoms with Gasteiger partial charge in [0.25, 0.3) is 11.1 Å². The Balaban J connectivity index is 1.56. The zero-order valence-corrected chi connectivity index (χ0v) is 19.7. The van der Waals surface area contributed by atoms with Crippen LogP contribution in [0.5, 0.6) is 5.75 Å². The lowest BCUT2D eigenvalue weighted by Crippen LogP contribution is -2.27. The summed E-state index contributed by atoms with van der Waals surface area (Å²) in [5.41, 5.74) is 1.78. The molecule has 0 unspecified atom stereocenters. The lowest BCUT2D eigenvalue weighted by molar-refractivity contribution is -0.123. The number of nitrogens with zero attached hydrogens (tertiary/aromatic N) is 1. The average Bonchev–Trinajstić information content (AvgIpc) is 3.02. The van der Waals surface area contributed by atoms with Gasteiger partial charge in [0.2, 0.25) is 0 Å². The van der Waals surface area contributed by atoms with Crippen LogP contribution in [0.1, 0.15) is 16.7 Å². The van der Waals surface area contributed by atoms with Crippen molar-refractivity contribution in [2.75, 3.05) is 0 Å². The van der Waals surface area contributed by atoms with Crippen LogP contribution in [-0.2, 0) is 17.9 Å². The molecular weight excluding hydrogens is 517 g/mol. The van der Waals surface area contributed by atoms with Gasteiger partial charge in [0.05, 0.1) is 11.4 Å². The number of carbonyl (C=O) groups is 2. The number of hydrogen-bond donors (Lipinski definition) is 0. The molecule has 3 aromatic rings. The van der Waals surface area contributed by atoms with Gasteiger partial charge in [-0.05, 0) is 59.8 Å². The summed E-state index contributed by atoms with van der Waals surface area (Å²) in [6.07, 6.45) is 1.62. The summed E-state index contributed by atoms with van der Waals surface area (Å²) in [5.74, 6) is -0.272. The van der Waals surface area contributed by atoms with E-state index in [-0.39, 0.29) is 35.0 Å². The fourth-order valence-electron chi connectivity index (χ4n) is 3.13. The van der Waals surface area contributed by atoms with Crippen molar-refractivity contribution in [3.05, 3.63) is 104 Å². The summed E-state index contributed by atoms with van der Waals surface area (Å²) in [5, 5.41) is 0.181. The highest BCUT2D eigenvalue weighted by Gasteiger charge is 2.35. The van der Waals surface area contributed by atoms with Crippen molar-refractivity contribution in [3.8, 4) is 5.75 Å². The number of rotatable bonds is 6. The Morgan fingerprint density at radius 2 is 1.88 bits per heavy atom. The number of benzene rings is 3. The summed E-state index contributed by atoms with van der Waals surface area (Å²) in [7, 11) is 0. The molecule has 8 heteroatoms. The van der Waals surface area contributed by atoms with Crippen molar-refractivity contribution >= 4 is 56.5 Å². The molecule has 3 aromatic carbocycles. The maximum absolute atomic E-state index is 13.9. The topological polar surface area (TPSA) is 46.6 Å². The van der Waals surface area contributed by atoms with Gasteiger partial charge in [0.15, 0.2) is 0 Å². The minimum atomic E-state index is -0.389. The van der Waals surface area contributed by atoms with E-state index in [1.807, 2.05) is 6.07 Å². The summed E-state index contributed by atoms with van der Waals surface area (Å²) < 4.78 is 20.5. The molecule has 0 aromatic heterocycles. The SMILES string of the molecule is O=C1S/C(=C\c2cc(Br)ccc2OCc2ccccc2F)C(=O)N1Cc1cccc(Cl)c1. The normalized spacial score (nSPS) is 15.0. The molecule has 2 amide bonds. The number of hydrogen-bond acceptors (Lipinski definition) is 4. The van der Waals surface area contributed by atoms with Crippen molar-refractivity contribution in [1.29, 1.82) is 0 Å². The second-order valence-electron chi connectivity index (χ2n) is 6.96. The van der Waals surface area contributed by atoms with Crippen LogP contribution in [0.2, 0.25) is 5.02 Å². The third-order valence-electron chi connectivity index (χ3n) is 4.70.